The number of nitrogens with zero attached hydrogens (tertiary/aromatic N) is 1. The second-order valence-corrected chi connectivity index (χ2v) is 10.9. The number of piperidine rings is 1. The van der Waals surface area contributed by atoms with E-state index in [1.54, 1.807) is 18.2 Å². The van der Waals surface area contributed by atoms with E-state index in [4.69, 9.17) is 14.2 Å². The Kier molecular flexibility index (Phi) is 10.0. The van der Waals surface area contributed by atoms with Crippen LogP contribution in [0.15, 0.2) is 66.1 Å². The van der Waals surface area contributed by atoms with E-state index < -0.39 is 48.5 Å². The minimum atomic E-state index is -4.58. The van der Waals surface area contributed by atoms with Crippen molar-refractivity contribution in [3.63, 3.8) is 0 Å². The van der Waals surface area contributed by atoms with E-state index in [1.165, 1.54) is 25.4 Å². The molecular formula is C32H31F5N4O5. The molecule has 2 heterocycles. The van der Waals surface area contributed by atoms with Gasteiger partial charge in [-0.1, -0.05) is 6.08 Å². The summed E-state index contributed by atoms with van der Waals surface area (Å²) in [5, 5.41) is 8.14. The van der Waals surface area contributed by atoms with Gasteiger partial charge in [0, 0.05) is 35.9 Å². The smallest absolute Gasteiger partial charge is 0.395 e. The van der Waals surface area contributed by atoms with Crippen molar-refractivity contribution >= 4 is 28.4 Å². The van der Waals surface area contributed by atoms with Gasteiger partial charge in [0.05, 0.1) is 25.2 Å². The number of carbonyl (C=O) groups is 2. The van der Waals surface area contributed by atoms with Gasteiger partial charge in [0.15, 0.2) is 23.1 Å². The van der Waals surface area contributed by atoms with E-state index in [2.05, 4.69) is 20.9 Å². The van der Waals surface area contributed by atoms with Crippen LogP contribution in [0.2, 0.25) is 0 Å². The molecule has 14 heteroatoms. The summed E-state index contributed by atoms with van der Waals surface area (Å²) in [4.78, 5) is 29.0. The minimum Gasteiger partial charge on any atom is -0.493 e. The highest BCUT2D eigenvalue weighted by atomic mass is 19.4. The molecular weight excluding hydrogens is 615 g/mol. The number of fused-ring (bicyclic) bond motifs is 1. The average Bonchev–Trinajstić information content (AvgIpc) is 3.04. The van der Waals surface area contributed by atoms with Crippen LogP contribution in [-0.4, -0.2) is 56.3 Å². The van der Waals surface area contributed by atoms with E-state index in [0.29, 0.717) is 47.1 Å². The van der Waals surface area contributed by atoms with Gasteiger partial charge in [0.2, 0.25) is 0 Å². The third kappa shape index (κ3) is 7.91. The van der Waals surface area contributed by atoms with Gasteiger partial charge >= 0.3 is 18.0 Å². The highest BCUT2D eigenvalue weighted by Gasteiger charge is 2.40. The fourth-order valence-electron chi connectivity index (χ4n) is 5.11. The summed E-state index contributed by atoms with van der Waals surface area (Å²) >= 11 is 0. The van der Waals surface area contributed by atoms with Gasteiger partial charge in [-0.15, -0.1) is 0 Å². The molecule has 3 aromatic rings. The topological polar surface area (TPSA) is 111 Å². The number of carbonyl (C=O) groups excluding carboxylic acids is 2. The zero-order valence-electron chi connectivity index (χ0n) is 24.7. The lowest BCUT2D eigenvalue weighted by Crippen LogP contribution is -2.37. The lowest BCUT2D eigenvalue weighted by Gasteiger charge is -2.23. The molecule has 1 unspecified atom stereocenters. The summed E-state index contributed by atoms with van der Waals surface area (Å²) in [5.41, 5.74) is 0.133. The molecule has 1 atom stereocenters. The molecule has 2 aliphatic rings. The molecule has 5 rings (SSSR count). The fourth-order valence-corrected chi connectivity index (χ4v) is 5.11. The molecule has 0 spiro atoms. The Morgan fingerprint density at radius 2 is 1.78 bits per heavy atom. The molecule has 0 saturated carbocycles. The molecule has 9 nitrogen and oxygen atoms in total. The number of pyridine rings is 1. The number of alkyl halides is 3. The Labute approximate surface area is 260 Å². The number of methoxy groups -OCH3 is 1. The highest BCUT2D eigenvalue weighted by molar-refractivity contribution is 6.39. The second-order valence-electron chi connectivity index (χ2n) is 10.9. The van der Waals surface area contributed by atoms with Crippen molar-refractivity contribution in [3.8, 4) is 23.0 Å². The van der Waals surface area contributed by atoms with Crippen LogP contribution >= 0.6 is 0 Å². The lowest BCUT2D eigenvalue weighted by molar-refractivity contribution is -0.161. The maximum Gasteiger partial charge on any atom is 0.395 e. The van der Waals surface area contributed by atoms with Gasteiger partial charge < -0.3 is 30.2 Å². The van der Waals surface area contributed by atoms with Crippen LogP contribution in [-0.2, 0) is 9.59 Å². The molecule has 0 radical (unpaired) electrons. The van der Waals surface area contributed by atoms with Crippen molar-refractivity contribution in [2.75, 3.05) is 38.7 Å². The van der Waals surface area contributed by atoms with Crippen LogP contribution in [0.1, 0.15) is 19.3 Å². The number of anilines is 1. The van der Waals surface area contributed by atoms with Crippen molar-refractivity contribution < 1.29 is 45.8 Å². The number of hydrogen-bond donors (Lipinski definition) is 3. The van der Waals surface area contributed by atoms with Gasteiger partial charge in [0.25, 0.3) is 0 Å². The third-order valence-corrected chi connectivity index (χ3v) is 7.70. The first kappa shape index (κ1) is 32.7. The maximum atomic E-state index is 15.1. The first-order valence-electron chi connectivity index (χ1n) is 14.5. The van der Waals surface area contributed by atoms with Crippen LogP contribution in [0.5, 0.6) is 23.0 Å². The quantitative estimate of drug-likeness (QED) is 0.194. The summed E-state index contributed by atoms with van der Waals surface area (Å²) in [7, 11) is 1.51. The zero-order valence-corrected chi connectivity index (χ0v) is 24.7. The molecule has 1 aliphatic heterocycles. The SMILES string of the molecule is COc1cc2c(Oc3ccc(NC(=O)C(=O)NCC4=C(F)C=CC(C(F)(F)F)C4)cc3F)ccnc2cc1OCC1CCNCC1. The van der Waals surface area contributed by atoms with Gasteiger partial charge in [-0.2, -0.15) is 13.2 Å². The van der Waals surface area contributed by atoms with Gasteiger partial charge in [-0.05, 0) is 74.2 Å². The first-order chi connectivity index (χ1) is 22.0. The predicted molar refractivity (Wildman–Crippen MR) is 159 cm³/mol. The first-order valence-corrected chi connectivity index (χ1v) is 14.5. The monoisotopic (exact) mass is 646 g/mol. The minimum absolute atomic E-state index is 0.0927. The number of allylic oxidation sites excluding steroid dienone is 3. The van der Waals surface area contributed by atoms with Crippen LogP contribution in [0.25, 0.3) is 10.9 Å². The van der Waals surface area contributed by atoms with Crippen LogP contribution < -0.4 is 30.2 Å². The zero-order chi connectivity index (χ0) is 32.8. The van der Waals surface area contributed by atoms with Crippen molar-refractivity contribution in [2.45, 2.75) is 25.4 Å². The summed E-state index contributed by atoms with van der Waals surface area (Å²) in [6.07, 6.45) is -0.352. The summed E-state index contributed by atoms with van der Waals surface area (Å²) in [6, 6.07) is 8.44. The third-order valence-electron chi connectivity index (χ3n) is 7.70. The standard InChI is InChI=1S/C32H31F5N4O5/c1-44-28-14-22-25(15-29(28)45-17-18-6-9-38-10-7-18)39-11-8-26(22)46-27-5-3-21(13-24(27)34)41-31(43)30(42)40-16-19-12-20(32(35,36)37)2-4-23(19)33/h2-5,8,11,13-15,18,20,38H,6-7,9-10,12,16-17H2,1H3,(H,40,42)(H,41,43). The van der Waals surface area contributed by atoms with E-state index >= 15 is 4.39 Å². The molecule has 2 amide bonds. The van der Waals surface area contributed by atoms with Crippen molar-refractivity contribution in [3.05, 3.63) is 72.0 Å². The predicted octanol–water partition coefficient (Wildman–Crippen LogP) is 5.97. The maximum absolute atomic E-state index is 15.1. The Hall–Kier alpha value is -4.72. The van der Waals surface area contributed by atoms with Crippen molar-refractivity contribution in [1.29, 1.82) is 0 Å². The molecule has 1 fully saturated rings. The second kappa shape index (κ2) is 14.1. The molecule has 3 N–H and O–H groups in total. The molecule has 244 valence electrons. The van der Waals surface area contributed by atoms with Gasteiger partial charge in [-0.25, -0.2) is 8.78 Å². The Morgan fingerprint density at radius 1 is 1.00 bits per heavy atom. The number of amides is 2. The van der Waals surface area contributed by atoms with Gasteiger partial charge in [-0.3, -0.25) is 14.6 Å². The van der Waals surface area contributed by atoms with Crippen LogP contribution in [0.4, 0.5) is 27.6 Å². The lowest BCUT2D eigenvalue weighted by atomic mass is 9.93. The molecule has 1 aromatic heterocycles. The number of halogens is 5. The Bertz CT molecular complexity index is 1670. The number of hydrogen-bond acceptors (Lipinski definition) is 7. The fraction of sp³-hybridized carbons (Fsp3) is 0.344. The number of benzene rings is 2. The average molecular weight is 647 g/mol. The number of aromatic nitrogens is 1. The van der Waals surface area contributed by atoms with Crippen LogP contribution in [0, 0.1) is 17.7 Å². The van der Waals surface area contributed by atoms with Gasteiger partial charge in [0.1, 0.15) is 11.6 Å². The molecule has 1 aliphatic carbocycles. The largest absolute Gasteiger partial charge is 0.493 e. The van der Waals surface area contributed by atoms with E-state index in [0.717, 1.165) is 32.0 Å². The molecule has 2 aromatic carbocycles. The van der Waals surface area contributed by atoms with Crippen molar-refractivity contribution in [2.24, 2.45) is 11.8 Å². The summed E-state index contributed by atoms with van der Waals surface area (Å²) in [6.45, 7) is 1.82. The summed E-state index contributed by atoms with van der Waals surface area (Å²) < 4.78 is 85.4. The van der Waals surface area contributed by atoms with Crippen LogP contribution in [0.3, 0.4) is 0 Å². The Balaban J connectivity index is 1.22. The van der Waals surface area contributed by atoms with Crippen molar-refractivity contribution in [1.82, 2.24) is 15.6 Å². The number of rotatable bonds is 9. The highest BCUT2D eigenvalue weighted by Crippen LogP contribution is 2.39. The number of nitrogens with one attached hydrogen (secondary N) is 3. The van der Waals surface area contributed by atoms with E-state index in [9.17, 15) is 27.2 Å². The van der Waals surface area contributed by atoms with E-state index in [1.807, 2.05) is 0 Å². The molecule has 46 heavy (non-hydrogen) atoms. The summed E-state index contributed by atoms with van der Waals surface area (Å²) in [5.74, 6) is -4.66. The van der Waals surface area contributed by atoms with E-state index in [-0.39, 0.29) is 22.8 Å². The molecule has 1 saturated heterocycles. The Morgan fingerprint density at radius 3 is 2.50 bits per heavy atom. The molecule has 0 bridgehead atoms. The normalized spacial score (nSPS) is 17.1. The number of ether oxygens (including phenoxy) is 3.